The van der Waals surface area contributed by atoms with Crippen LogP contribution in [0.15, 0.2) is 0 Å². The van der Waals surface area contributed by atoms with Crippen molar-refractivity contribution >= 4 is 0 Å². The van der Waals surface area contributed by atoms with Crippen molar-refractivity contribution in [1.29, 1.82) is 0 Å². The molecule has 1 rings (SSSR count). The van der Waals surface area contributed by atoms with E-state index >= 15 is 0 Å². The Morgan fingerprint density at radius 3 is 2.44 bits per heavy atom. The lowest BCUT2D eigenvalue weighted by atomic mass is 9.72. The Kier molecular flexibility index (Phi) is 7.06. The Morgan fingerprint density at radius 2 is 1.81 bits per heavy atom. The Labute approximate surface area is 101 Å². The van der Waals surface area contributed by atoms with Gasteiger partial charge in [0.25, 0.3) is 0 Å². The van der Waals surface area contributed by atoms with Crippen molar-refractivity contribution < 1.29 is 4.74 Å². The molecule has 1 fully saturated rings. The number of ether oxygens (including phenoxy) is 1. The zero-order chi connectivity index (χ0) is 11.7. The van der Waals surface area contributed by atoms with Gasteiger partial charge >= 0.3 is 0 Å². The van der Waals surface area contributed by atoms with Gasteiger partial charge in [-0.25, -0.2) is 0 Å². The summed E-state index contributed by atoms with van der Waals surface area (Å²) in [6.45, 7) is 8.55. The molecule has 0 aromatic heterocycles. The maximum atomic E-state index is 5.66. The number of nitrogens with one attached hydrogen (secondary N) is 1. The van der Waals surface area contributed by atoms with Crippen LogP contribution in [-0.2, 0) is 4.74 Å². The Morgan fingerprint density at radius 1 is 1.06 bits per heavy atom. The molecule has 2 nitrogen and oxygen atoms in total. The molecule has 0 amide bonds. The fourth-order valence-electron chi connectivity index (χ4n) is 2.74. The molecule has 0 heterocycles. The van der Waals surface area contributed by atoms with Gasteiger partial charge < -0.3 is 10.1 Å². The van der Waals surface area contributed by atoms with Crippen LogP contribution >= 0.6 is 0 Å². The van der Waals surface area contributed by atoms with Crippen LogP contribution in [0.1, 0.15) is 58.8 Å². The van der Waals surface area contributed by atoms with E-state index in [9.17, 15) is 0 Å². The van der Waals surface area contributed by atoms with Gasteiger partial charge in [-0.1, -0.05) is 33.1 Å². The van der Waals surface area contributed by atoms with Gasteiger partial charge in [0.1, 0.15) is 0 Å². The van der Waals surface area contributed by atoms with E-state index in [0.29, 0.717) is 5.41 Å². The Bertz CT molecular complexity index is 164. The van der Waals surface area contributed by atoms with Crippen LogP contribution in [0.3, 0.4) is 0 Å². The molecule has 1 N–H and O–H groups in total. The van der Waals surface area contributed by atoms with E-state index in [0.717, 1.165) is 26.2 Å². The minimum absolute atomic E-state index is 0.544. The van der Waals surface area contributed by atoms with Crippen molar-refractivity contribution in [2.24, 2.45) is 5.41 Å². The molecule has 0 spiro atoms. The standard InChI is InChI=1S/C14H29NO/c1-3-11-16-12-10-14(13-15-4-2)8-6-5-7-9-14/h15H,3-13H2,1-2H3. The number of hydrogen-bond acceptors (Lipinski definition) is 2. The lowest BCUT2D eigenvalue weighted by molar-refractivity contribution is 0.0735. The molecule has 1 saturated carbocycles. The van der Waals surface area contributed by atoms with Crippen LogP contribution in [0.25, 0.3) is 0 Å². The molecule has 0 saturated heterocycles. The lowest BCUT2D eigenvalue weighted by Crippen LogP contribution is -2.37. The summed E-state index contributed by atoms with van der Waals surface area (Å²) in [5, 5.41) is 3.54. The third-order valence-corrected chi connectivity index (χ3v) is 3.79. The molecule has 0 aliphatic heterocycles. The average Bonchev–Trinajstić information content (AvgIpc) is 2.34. The van der Waals surface area contributed by atoms with E-state index in [1.165, 1.54) is 45.1 Å². The maximum Gasteiger partial charge on any atom is 0.0471 e. The number of hydrogen-bond donors (Lipinski definition) is 1. The third-order valence-electron chi connectivity index (χ3n) is 3.79. The normalized spacial score (nSPS) is 19.9. The SMILES string of the molecule is CCCOCCC1(CNCC)CCCCC1. The van der Waals surface area contributed by atoms with Crippen molar-refractivity contribution in [1.82, 2.24) is 5.32 Å². The smallest absolute Gasteiger partial charge is 0.0471 e. The Hall–Kier alpha value is -0.0800. The second kappa shape index (κ2) is 8.08. The zero-order valence-corrected chi connectivity index (χ0v) is 11.2. The second-order valence-electron chi connectivity index (χ2n) is 5.20. The summed E-state index contributed by atoms with van der Waals surface area (Å²) in [4.78, 5) is 0. The molecule has 2 heteroatoms. The fourth-order valence-corrected chi connectivity index (χ4v) is 2.74. The molecule has 0 aromatic carbocycles. The molecule has 1 aliphatic carbocycles. The summed E-state index contributed by atoms with van der Waals surface area (Å²) in [6, 6.07) is 0. The first-order valence-corrected chi connectivity index (χ1v) is 7.11. The first kappa shape index (κ1) is 14.0. The highest BCUT2D eigenvalue weighted by Crippen LogP contribution is 2.38. The molecular weight excluding hydrogens is 198 g/mol. The topological polar surface area (TPSA) is 21.3 Å². The lowest BCUT2D eigenvalue weighted by Gasteiger charge is -2.37. The highest BCUT2D eigenvalue weighted by atomic mass is 16.5. The van der Waals surface area contributed by atoms with E-state index in [-0.39, 0.29) is 0 Å². The highest BCUT2D eigenvalue weighted by Gasteiger charge is 2.30. The Balaban J connectivity index is 2.30. The van der Waals surface area contributed by atoms with E-state index in [1.807, 2.05) is 0 Å². The van der Waals surface area contributed by atoms with Gasteiger partial charge in [0.2, 0.25) is 0 Å². The van der Waals surface area contributed by atoms with Crippen LogP contribution in [0, 0.1) is 5.41 Å². The van der Waals surface area contributed by atoms with Gasteiger partial charge in [-0.05, 0) is 37.6 Å². The van der Waals surface area contributed by atoms with Crippen molar-refractivity contribution in [2.75, 3.05) is 26.3 Å². The molecule has 0 unspecified atom stereocenters. The first-order chi connectivity index (χ1) is 7.83. The van der Waals surface area contributed by atoms with Crippen molar-refractivity contribution in [3.8, 4) is 0 Å². The number of rotatable bonds is 8. The molecule has 0 radical (unpaired) electrons. The van der Waals surface area contributed by atoms with E-state index in [4.69, 9.17) is 4.74 Å². The van der Waals surface area contributed by atoms with E-state index in [1.54, 1.807) is 0 Å². The van der Waals surface area contributed by atoms with Crippen LogP contribution in [-0.4, -0.2) is 26.3 Å². The summed E-state index contributed by atoms with van der Waals surface area (Å²) < 4.78 is 5.66. The zero-order valence-electron chi connectivity index (χ0n) is 11.2. The molecule has 0 atom stereocenters. The van der Waals surface area contributed by atoms with E-state index < -0.39 is 0 Å². The molecule has 16 heavy (non-hydrogen) atoms. The molecule has 0 bridgehead atoms. The van der Waals surface area contributed by atoms with Crippen LogP contribution < -0.4 is 5.32 Å². The molecule has 96 valence electrons. The molecular formula is C14H29NO. The van der Waals surface area contributed by atoms with Gasteiger partial charge in [-0.15, -0.1) is 0 Å². The summed E-state index contributed by atoms with van der Waals surface area (Å²) in [7, 11) is 0. The quantitative estimate of drug-likeness (QED) is 0.642. The minimum Gasteiger partial charge on any atom is -0.381 e. The predicted octanol–water partition coefficient (Wildman–Crippen LogP) is 3.36. The predicted molar refractivity (Wildman–Crippen MR) is 69.8 cm³/mol. The van der Waals surface area contributed by atoms with Crippen LogP contribution in [0.4, 0.5) is 0 Å². The van der Waals surface area contributed by atoms with Crippen molar-refractivity contribution in [2.45, 2.75) is 58.8 Å². The van der Waals surface area contributed by atoms with Crippen molar-refractivity contribution in [3.63, 3.8) is 0 Å². The van der Waals surface area contributed by atoms with E-state index in [2.05, 4.69) is 19.2 Å². The minimum atomic E-state index is 0.544. The summed E-state index contributed by atoms with van der Waals surface area (Å²) in [6.07, 6.45) is 9.45. The van der Waals surface area contributed by atoms with Crippen molar-refractivity contribution in [3.05, 3.63) is 0 Å². The van der Waals surface area contributed by atoms with Gasteiger partial charge in [0, 0.05) is 19.8 Å². The summed E-state index contributed by atoms with van der Waals surface area (Å²) in [5.74, 6) is 0. The first-order valence-electron chi connectivity index (χ1n) is 7.11. The summed E-state index contributed by atoms with van der Waals surface area (Å²) in [5.41, 5.74) is 0.544. The monoisotopic (exact) mass is 227 g/mol. The average molecular weight is 227 g/mol. The van der Waals surface area contributed by atoms with Crippen LogP contribution in [0.2, 0.25) is 0 Å². The second-order valence-corrected chi connectivity index (χ2v) is 5.20. The van der Waals surface area contributed by atoms with Gasteiger partial charge in [0.05, 0.1) is 0 Å². The molecule has 1 aliphatic rings. The fraction of sp³-hybridized carbons (Fsp3) is 1.00. The van der Waals surface area contributed by atoms with Gasteiger partial charge in [-0.3, -0.25) is 0 Å². The highest BCUT2D eigenvalue weighted by molar-refractivity contribution is 4.84. The largest absolute Gasteiger partial charge is 0.381 e. The van der Waals surface area contributed by atoms with Crippen LogP contribution in [0.5, 0.6) is 0 Å². The maximum absolute atomic E-state index is 5.66. The summed E-state index contributed by atoms with van der Waals surface area (Å²) >= 11 is 0. The molecule has 0 aromatic rings. The van der Waals surface area contributed by atoms with Gasteiger partial charge in [0.15, 0.2) is 0 Å². The third kappa shape index (κ3) is 4.84. The van der Waals surface area contributed by atoms with Gasteiger partial charge in [-0.2, -0.15) is 0 Å².